The van der Waals surface area contributed by atoms with Crippen LogP contribution >= 0.6 is 0 Å². The molecule has 0 aliphatic carbocycles. The molecular formula is C16H25N5O2. The van der Waals surface area contributed by atoms with Gasteiger partial charge in [0, 0.05) is 30.2 Å². The summed E-state index contributed by atoms with van der Waals surface area (Å²) in [7, 11) is 0. The van der Waals surface area contributed by atoms with Gasteiger partial charge in [0.25, 0.3) is 0 Å². The lowest BCUT2D eigenvalue weighted by atomic mass is 10.0. The molecule has 2 N–H and O–H groups in total. The molecule has 0 radical (unpaired) electrons. The number of nitrogens with one attached hydrogen (secondary N) is 2. The van der Waals surface area contributed by atoms with E-state index in [4.69, 9.17) is 10.3 Å². The molecule has 0 aliphatic heterocycles. The minimum Gasteiger partial charge on any atom is -0.444 e. The van der Waals surface area contributed by atoms with Crippen LogP contribution in [0, 0.1) is 13.8 Å². The largest absolute Gasteiger partial charge is 0.444 e. The lowest BCUT2D eigenvalue weighted by molar-refractivity contribution is 0.0528. The summed E-state index contributed by atoms with van der Waals surface area (Å²) in [4.78, 5) is 14.4. The second-order valence-electron chi connectivity index (χ2n) is 6.31. The molecule has 1 aromatic carbocycles. The smallest absolute Gasteiger partial charge is 0.407 e. The number of azide groups is 1. The van der Waals surface area contributed by atoms with Crippen LogP contribution in [0.3, 0.4) is 0 Å². The van der Waals surface area contributed by atoms with Crippen LogP contribution in [0.25, 0.3) is 10.4 Å². The molecule has 7 nitrogen and oxygen atoms in total. The van der Waals surface area contributed by atoms with Crippen molar-refractivity contribution in [3.8, 4) is 0 Å². The van der Waals surface area contributed by atoms with Gasteiger partial charge in [0.05, 0.1) is 0 Å². The third-order valence-electron chi connectivity index (χ3n) is 3.18. The van der Waals surface area contributed by atoms with Crippen molar-refractivity contribution in [1.29, 1.82) is 0 Å². The number of carbonyl (C=O) groups is 1. The highest BCUT2D eigenvalue weighted by Crippen LogP contribution is 2.26. The predicted molar refractivity (Wildman–Crippen MR) is 90.7 cm³/mol. The average molecular weight is 319 g/mol. The summed E-state index contributed by atoms with van der Waals surface area (Å²) >= 11 is 0. The Hall–Kier alpha value is -2.24. The minimum atomic E-state index is -0.492. The lowest BCUT2D eigenvalue weighted by Gasteiger charge is -2.19. The predicted octanol–water partition coefficient (Wildman–Crippen LogP) is 3.86. The third kappa shape index (κ3) is 6.59. The Morgan fingerprint density at radius 1 is 1.30 bits per heavy atom. The summed E-state index contributed by atoms with van der Waals surface area (Å²) in [6.45, 7) is 11.1. The van der Waals surface area contributed by atoms with Gasteiger partial charge in [-0.1, -0.05) is 17.2 Å². The van der Waals surface area contributed by atoms with E-state index in [9.17, 15) is 4.79 Å². The van der Waals surface area contributed by atoms with Gasteiger partial charge >= 0.3 is 6.09 Å². The molecule has 1 aromatic rings. The van der Waals surface area contributed by atoms with Crippen molar-refractivity contribution >= 4 is 11.8 Å². The Morgan fingerprint density at radius 2 is 2.00 bits per heavy atom. The van der Waals surface area contributed by atoms with Crippen LogP contribution in [0.2, 0.25) is 0 Å². The standard InChI is InChI=1S/C16H25N5O2/c1-11-6-7-13(12(2)14(11)20-21-17)10-18-8-9-19-15(22)23-16(3,4)5/h6-7,18H,8-10H2,1-5H3,(H,19,22). The molecule has 0 heterocycles. The molecule has 0 bridgehead atoms. The van der Waals surface area contributed by atoms with E-state index in [0.717, 1.165) is 16.7 Å². The molecule has 126 valence electrons. The normalized spacial score (nSPS) is 10.8. The van der Waals surface area contributed by atoms with Crippen LogP contribution in [-0.2, 0) is 11.3 Å². The average Bonchev–Trinajstić information content (AvgIpc) is 2.43. The van der Waals surface area contributed by atoms with E-state index >= 15 is 0 Å². The van der Waals surface area contributed by atoms with Crippen LogP contribution in [0.15, 0.2) is 17.2 Å². The molecule has 0 aromatic heterocycles. The SMILES string of the molecule is Cc1ccc(CNCCNC(=O)OC(C)(C)C)c(C)c1N=[N+]=[N-]. The molecule has 0 spiro atoms. The molecule has 0 unspecified atom stereocenters. The Balaban J connectivity index is 2.44. The van der Waals surface area contributed by atoms with E-state index < -0.39 is 11.7 Å². The summed E-state index contributed by atoms with van der Waals surface area (Å²) in [5.41, 5.74) is 11.8. The summed E-state index contributed by atoms with van der Waals surface area (Å²) in [5, 5.41) is 9.68. The number of hydrogen-bond acceptors (Lipinski definition) is 4. The van der Waals surface area contributed by atoms with Gasteiger partial charge in [-0.25, -0.2) is 4.79 Å². The molecule has 0 atom stereocenters. The molecular weight excluding hydrogens is 294 g/mol. The number of benzene rings is 1. The number of nitrogens with zero attached hydrogens (tertiary/aromatic N) is 3. The summed E-state index contributed by atoms with van der Waals surface area (Å²) in [5.74, 6) is 0. The Bertz CT molecular complexity index is 601. The van der Waals surface area contributed by atoms with Gasteiger partial charge in [-0.15, -0.1) is 0 Å². The number of alkyl carbamates (subject to hydrolysis) is 1. The number of carbonyl (C=O) groups excluding carboxylic acids is 1. The number of ether oxygens (including phenoxy) is 1. The van der Waals surface area contributed by atoms with E-state index in [-0.39, 0.29) is 0 Å². The van der Waals surface area contributed by atoms with Crippen molar-refractivity contribution in [1.82, 2.24) is 10.6 Å². The maximum atomic E-state index is 11.5. The fourth-order valence-electron chi connectivity index (χ4n) is 2.06. The maximum absolute atomic E-state index is 11.5. The van der Waals surface area contributed by atoms with Crippen molar-refractivity contribution in [2.24, 2.45) is 5.11 Å². The molecule has 1 amide bonds. The molecule has 1 rings (SSSR count). The Morgan fingerprint density at radius 3 is 2.61 bits per heavy atom. The van der Waals surface area contributed by atoms with Crippen molar-refractivity contribution in [3.63, 3.8) is 0 Å². The highest BCUT2D eigenvalue weighted by molar-refractivity contribution is 5.67. The topological polar surface area (TPSA) is 99.1 Å². The number of hydrogen-bond donors (Lipinski definition) is 2. The second kappa shape index (κ2) is 8.41. The first kappa shape index (κ1) is 18.8. The fourth-order valence-corrected chi connectivity index (χ4v) is 2.06. The summed E-state index contributed by atoms with van der Waals surface area (Å²) in [6, 6.07) is 3.95. The van der Waals surface area contributed by atoms with Gasteiger partial charge in [0.2, 0.25) is 0 Å². The number of rotatable bonds is 6. The van der Waals surface area contributed by atoms with Gasteiger partial charge in [0.1, 0.15) is 5.60 Å². The van der Waals surface area contributed by atoms with Gasteiger partial charge < -0.3 is 15.4 Å². The maximum Gasteiger partial charge on any atom is 0.407 e. The second-order valence-corrected chi connectivity index (χ2v) is 6.31. The van der Waals surface area contributed by atoms with Crippen LogP contribution in [0.1, 0.15) is 37.5 Å². The van der Waals surface area contributed by atoms with E-state index in [1.807, 2.05) is 46.8 Å². The summed E-state index contributed by atoms with van der Waals surface area (Å²) < 4.78 is 5.15. The van der Waals surface area contributed by atoms with Crippen molar-refractivity contribution in [2.75, 3.05) is 13.1 Å². The van der Waals surface area contributed by atoms with Crippen LogP contribution in [0.5, 0.6) is 0 Å². The molecule has 0 saturated carbocycles. The lowest BCUT2D eigenvalue weighted by Crippen LogP contribution is -2.36. The van der Waals surface area contributed by atoms with Crippen LogP contribution in [-0.4, -0.2) is 24.8 Å². The Labute approximate surface area is 137 Å². The first-order chi connectivity index (χ1) is 10.7. The highest BCUT2D eigenvalue weighted by Gasteiger charge is 2.15. The van der Waals surface area contributed by atoms with Crippen molar-refractivity contribution in [3.05, 3.63) is 39.3 Å². The zero-order chi connectivity index (χ0) is 17.5. The molecule has 0 aliphatic rings. The van der Waals surface area contributed by atoms with Crippen LogP contribution < -0.4 is 10.6 Å². The quantitative estimate of drug-likeness (QED) is 0.360. The van der Waals surface area contributed by atoms with E-state index in [0.29, 0.717) is 25.3 Å². The van der Waals surface area contributed by atoms with Crippen LogP contribution in [0.4, 0.5) is 10.5 Å². The minimum absolute atomic E-state index is 0.420. The zero-order valence-electron chi connectivity index (χ0n) is 14.4. The Kier molecular flexibility index (Phi) is 6.88. The van der Waals surface area contributed by atoms with Crippen molar-refractivity contribution < 1.29 is 9.53 Å². The fraction of sp³-hybridized carbons (Fsp3) is 0.562. The van der Waals surface area contributed by atoms with E-state index in [1.165, 1.54) is 0 Å². The highest BCUT2D eigenvalue weighted by atomic mass is 16.6. The van der Waals surface area contributed by atoms with E-state index in [1.54, 1.807) is 0 Å². The number of amides is 1. The monoisotopic (exact) mass is 319 g/mol. The first-order valence-corrected chi connectivity index (χ1v) is 7.56. The van der Waals surface area contributed by atoms with Gasteiger partial charge in [-0.05, 0) is 56.8 Å². The summed E-state index contributed by atoms with van der Waals surface area (Å²) in [6.07, 6.45) is -0.420. The zero-order valence-corrected chi connectivity index (χ0v) is 14.4. The molecule has 0 fully saturated rings. The first-order valence-electron chi connectivity index (χ1n) is 7.56. The third-order valence-corrected chi connectivity index (χ3v) is 3.18. The van der Waals surface area contributed by atoms with E-state index in [2.05, 4.69) is 20.7 Å². The van der Waals surface area contributed by atoms with Gasteiger partial charge in [-0.3, -0.25) is 0 Å². The van der Waals surface area contributed by atoms with Gasteiger partial charge in [0.15, 0.2) is 0 Å². The molecule has 23 heavy (non-hydrogen) atoms. The molecule has 7 heteroatoms. The van der Waals surface area contributed by atoms with Crippen molar-refractivity contribution in [2.45, 2.75) is 46.8 Å². The van der Waals surface area contributed by atoms with Gasteiger partial charge in [-0.2, -0.15) is 0 Å². The molecule has 0 saturated heterocycles. The number of aryl methyl sites for hydroxylation is 1.